The molecule has 0 amide bonds. The molecule has 148 valence electrons. The molecule has 5 heterocycles. The van der Waals surface area contributed by atoms with Gasteiger partial charge in [-0.3, -0.25) is 0 Å². The Hall–Kier alpha value is -2.87. The first kappa shape index (κ1) is 19.4. The number of amidine groups is 2. The zero-order valence-electron chi connectivity index (χ0n) is 16.1. The Morgan fingerprint density at radius 3 is 2.10 bits per heavy atom. The maximum absolute atomic E-state index is 4.54. The summed E-state index contributed by atoms with van der Waals surface area (Å²) in [7, 11) is 0. The first-order valence-electron chi connectivity index (χ1n) is 8.77. The molecular formula is C18H16N10Pt. The van der Waals surface area contributed by atoms with E-state index in [4.69, 9.17) is 0 Å². The Balaban J connectivity index is 0.00000205. The predicted octanol–water partition coefficient (Wildman–Crippen LogP) is 1.68. The molecule has 3 aliphatic rings. The molecule has 11 heteroatoms. The van der Waals surface area contributed by atoms with Crippen molar-refractivity contribution in [2.24, 2.45) is 30.0 Å². The van der Waals surface area contributed by atoms with Gasteiger partial charge in [0.15, 0.2) is 5.96 Å². The van der Waals surface area contributed by atoms with Crippen molar-refractivity contribution in [2.45, 2.75) is 38.5 Å². The van der Waals surface area contributed by atoms with E-state index in [1.54, 1.807) is 24.8 Å². The van der Waals surface area contributed by atoms with Gasteiger partial charge < -0.3 is 29.9 Å². The third-order valence-electron chi connectivity index (χ3n) is 4.85. The Kier molecular flexibility index (Phi) is 4.42. The molecule has 10 nitrogen and oxygen atoms in total. The van der Waals surface area contributed by atoms with Crippen LogP contribution in [0.2, 0.25) is 0 Å². The Labute approximate surface area is 180 Å². The number of fused-ring (bicyclic) bond motifs is 6. The number of aromatic nitrogens is 4. The van der Waals surface area contributed by atoms with E-state index < -0.39 is 10.8 Å². The van der Waals surface area contributed by atoms with Gasteiger partial charge in [-0.15, -0.1) is 0 Å². The number of hydrogen-bond donors (Lipinski definition) is 0. The number of imidazole rings is 2. The fraction of sp³-hybridized carbons (Fsp3) is 0.333. The average molecular weight is 567 g/mol. The van der Waals surface area contributed by atoms with Crippen LogP contribution in [-0.2, 0) is 31.9 Å². The van der Waals surface area contributed by atoms with Crippen LogP contribution in [0.1, 0.15) is 39.3 Å². The Morgan fingerprint density at radius 1 is 0.724 bits per heavy atom. The second-order valence-electron chi connectivity index (χ2n) is 7.68. The normalized spacial score (nSPS) is 24.1. The molecule has 0 fully saturated rings. The number of guanidine groups is 1. The monoisotopic (exact) mass is 567 g/mol. The van der Waals surface area contributed by atoms with Gasteiger partial charge in [-0.25, -0.2) is 20.0 Å². The van der Waals surface area contributed by atoms with Gasteiger partial charge in [0.2, 0.25) is 0 Å². The number of nitrogens with zero attached hydrogens (tertiary/aromatic N) is 10. The van der Waals surface area contributed by atoms with Gasteiger partial charge in [0.25, 0.3) is 0 Å². The van der Waals surface area contributed by atoms with Crippen LogP contribution in [-0.4, -0.2) is 45.7 Å². The zero-order valence-corrected chi connectivity index (χ0v) is 18.4. The van der Waals surface area contributed by atoms with E-state index in [-0.39, 0.29) is 21.1 Å². The fourth-order valence-corrected chi connectivity index (χ4v) is 2.99. The van der Waals surface area contributed by atoms with Crippen molar-refractivity contribution >= 4 is 47.4 Å². The molecule has 0 N–H and O–H groups in total. The second kappa shape index (κ2) is 6.59. The van der Waals surface area contributed by atoms with Crippen LogP contribution in [0.15, 0.2) is 42.3 Å². The van der Waals surface area contributed by atoms with Gasteiger partial charge in [0, 0.05) is 22.9 Å². The van der Waals surface area contributed by atoms with Crippen LogP contribution in [0, 0.1) is 0 Å². The van der Waals surface area contributed by atoms with Crippen molar-refractivity contribution in [3.05, 3.63) is 24.0 Å². The van der Waals surface area contributed by atoms with Gasteiger partial charge in [-0.2, -0.15) is 0 Å². The van der Waals surface area contributed by atoms with E-state index in [1.807, 2.05) is 27.7 Å². The molecule has 0 radical (unpaired) electrons. The molecule has 0 aromatic carbocycles. The summed E-state index contributed by atoms with van der Waals surface area (Å²) in [5, 5.41) is 0. The quantitative estimate of drug-likeness (QED) is 0.480. The van der Waals surface area contributed by atoms with Gasteiger partial charge in [-0.1, -0.05) is 0 Å². The summed E-state index contributed by atoms with van der Waals surface area (Å²) in [5.41, 5.74) is -0.452. The van der Waals surface area contributed by atoms with Crippen LogP contribution in [0.5, 0.6) is 0 Å². The molecule has 29 heavy (non-hydrogen) atoms. The summed E-state index contributed by atoms with van der Waals surface area (Å²) >= 11 is 0. The van der Waals surface area contributed by atoms with E-state index >= 15 is 0 Å². The van der Waals surface area contributed by atoms with E-state index in [2.05, 4.69) is 49.9 Å². The van der Waals surface area contributed by atoms with Crippen LogP contribution in [0.4, 0.5) is 11.6 Å². The van der Waals surface area contributed by atoms with E-state index in [0.29, 0.717) is 46.6 Å². The van der Waals surface area contributed by atoms with Gasteiger partial charge in [0.05, 0.1) is 23.6 Å². The molecule has 2 aromatic rings. The smallest absolute Gasteiger partial charge is 0.371 e. The topological polar surface area (TPSA) is 128 Å². The average Bonchev–Trinajstić information content (AvgIpc) is 3.42. The molecule has 0 saturated heterocycles. The van der Waals surface area contributed by atoms with E-state index in [1.165, 1.54) is 0 Å². The summed E-state index contributed by atoms with van der Waals surface area (Å²) in [5.74, 6) is 3.43. The minimum absolute atomic E-state index is 0. The van der Waals surface area contributed by atoms with Gasteiger partial charge >= 0.3 is 21.1 Å². The van der Waals surface area contributed by atoms with Gasteiger partial charge in [0.1, 0.15) is 11.7 Å². The molecular weight excluding hydrogens is 551 g/mol. The first-order valence-corrected chi connectivity index (χ1v) is 8.77. The summed E-state index contributed by atoms with van der Waals surface area (Å²) < 4.78 is 0. The third-order valence-corrected chi connectivity index (χ3v) is 4.85. The van der Waals surface area contributed by atoms with Crippen LogP contribution in [0.3, 0.4) is 0 Å². The summed E-state index contributed by atoms with van der Waals surface area (Å²) in [6, 6.07) is 0. The Bertz CT molecular complexity index is 1080. The molecule has 0 aliphatic carbocycles. The van der Waals surface area contributed by atoms with E-state index in [0.717, 1.165) is 0 Å². The maximum atomic E-state index is 4.54. The minimum atomic E-state index is -0.610. The minimum Gasteiger partial charge on any atom is -0.371 e. The van der Waals surface area contributed by atoms with Gasteiger partial charge in [-0.05, 0) is 45.9 Å². The standard InChI is InChI=1S/C18H16N10.Pt/c1-17(2)9-5-22-16(23-9)28-12-8-21-15(27-12)18(3,4)14-20-7-11(26-14)24-10-6-19-13(17)25-10;/h5-8H,1-4H3;/q-2;+2/b24-11-,28-16-;. The second-order valence-corrected chi connectivity index (χ2v) is 7.68. The van der Waals surface area contributed by atoms with Crippen molar-refractivity contribution in [1.82, 2.24) is 19.9 Å². The largest absolute Gasteiger partial charge is 2.00 e. The summed E-state index contributed by atoms with van der Waals surface area (Å²) in [6.45, 7) is 7.86. The molecule has 0 atom stereocenters. The van der Waals surface area contributed by atoms with Crippen molar-refractivity contribution in [3.8, 4) is 0 Å². The first-order chi connectivity index (χ1) is 13.3. The number of hydrogen-bond acceptors (Lipinski definition) is 8. The molecule has 3 aliphatic heterocycles. The fourth-order valence-electron chi connectivity index (χ4n) is 2.99. The van der Waals surface area contributed by atoms with Crippen LogP contribution >= 0.6 is 0 Å². The predicted molar refractivity (Wildman–Crippen MR) is 107 cm³/mol. The van der Waals surface area contributed by atoms with Crippen molar-refractivity contribution in [2.75, 3.05) is 0 Å². The van der Waals surface area contributed by atoms with Crippen molar-refractivity contribution in [1.29, 1.82) is 0 Å². The number of aliphatic imine (C=N–C) groups is 6. The maximum Gasteiger partial charge on any atom is 2.00 e. The van der Waals surface area contributed by atoms with Crippen LogP contribution in [0.25, 0.3) is 0 Å². The number of rotatable bonds is 0. The van der Waals surface area contributed by atoms with Crippen molar-refractivity contribution < 1.29 is 21.1 Å². The molecule has 0 unspecified atom stereocenters. The van der Waals surface area contributed by atoms with E-state index in [9.17, 15) is 0 Å². The van der Waals surface area contributed by atoms with Crippen molar-refractivity contribution in [3.63, 3.8) is 0 Å². The Morgan fingerprint density at radius 2 is 1.38 bits per heavy atom. The van der Waals surface area contributed by atoms with Crippen LogP contribution < -0.4 is 9.97 Å². The SMILES string of the molecule is CC1(C)C2=N/C(=N\c3cnc([n-]3)C(C)(C)C3=N/C(=N\c4cnc1[n-]4)C=N3)N=C2.[Pt+2]. The third kappa shape index (κ3) is 3.17. The zero-order chi connectivity index (χ0) is 19.5. The molecule has 0 spiro atoms. The molecule has 8 bridgehead atoms. The molecule has 2 aromatic heterocycles. The summed E-state index contributed by atoms with van der Waals surface area (Å²) in [6.07, 6.45) is 6.50. The molecule has 0 saturated carbocycles. The summed E-state index contributed by atoms with van der Waals surface area (Å²) in [4.78, 5) is 44.5. The molecule has 5 rings (SSSR count).